The number of ether oxygens (including phenoxy) is 1. The van der Waals surface area contributed by atoms with Gasteiger partial charge in [-0.3, -0.25) is 4.79 Å². The fraction of sp³-hybridized carbons (Fsp3) is 0.211. The van der Waals surface area contributed by atoms with Crippen molar-refractivity contribution in [3.8, 4) is 6.07 Å². The van der Waals surface area contributed by atoms with E-state index in [4.69, 9.17) is 44.8 Å². The third-order valence-electron chi connectivity index (χ3n) is 4.30. The summed E-state index contributed by atoms with van der Waals surface area (Å²) in [4.78, 5) is 30.7. The predicted molar refractivity (Wildman–Crippen MR) is 137 cm³/mol. The molecule has 1 fully saturated rings. The maximum absolute atomic E-state index is 11.9. The van der Waals surface area contributed by atoms with E-state index in [1.54, 1.807) is 47.3 Å². The standard InChI is InChI=1S/C11H5Cl2N3OS.C8H10ClN5O3S/c12-8-9(18-16-10(8)13)11(17)15-7-4-2-1-3-6(7)5-14;1-12-4-17-5-13(8(12)11-14(15)16)3-6-2-10-7(9)18-6/h1-4H,(H,15,17);2H,3-5H2,1H3/b;11-8+. The van der Waals surface area contributed by atoms with Crippen LogP contribution in [-0.4, -0.2) is 56.6 Å². The summed E-state index contributed by atoms with van der Waals surface area (Å²) in [5.41, 5.74) is 0.795. The number of nitriles is 1. The Bertz CT molecular complexity index is 1330. The van der Waals surface area contributed by atoms with Crippen molar-refractivity contribution >= 4 is 75.2 Å². The first kappa shape index (κ1) is 27.5. The number of hydrogen-bond acceptors (Lipinski definition) is 9. The summed E-state index contributed by atoms with van der Waals surface area (Å²) in [6, 6.07) is 8.66. The third kappa shape index (κ3) is 7.23. The van der Waals surface area contributed by atoms with Gasteiger partial charge >= 0.3 is 0 Å². The Morgan fingerprint density at radius 2 is 2.11 bits per heavy atom. The van der Waals surface area contributed by atoms with Crippen LogP contribution in [0.2, 0.25) is 14.6 Å². The van der Waals surface area contributed by atoms with Crippen molar-refractivity contribution in [3.05, 3.63) is 70.5 Å². The lowest BCUT2D eigenvalue weighted by Crippen LogP contribution is -2.49. The summed E-state index contributed by atoms with van der Waals surface area (Å²) in [6.45, 7) is 0.931. The topological polar surface area (TPSA) is 150 Å². The van der Waals surface area contributed by atoms with E-state index < -0.39 is 10.9 Å². The van der Waals surface area contributed by atoms with Crippen molar-refractivity contribution in [1.29, 1.82) is 5.26 Å². The number of nitro groups is 1. The number of thiazole rings is 1. The van der Waals surface area contributed by atoms with E-state index in [-0.39, 0.29) is 34.5 Å². The molecular weight excluding hydrogens is 575 g/mol. The molecule has 2 aromatic heterocycles. The quantitative estimate of drug-likeness (QED) is 0.333. The second kappa shape index (κ2) is 12.8. The Morgan fingerprint density at radius 3 is 2.72 bits per heavy atom. The smallest absolute Gasteiger partial charge is 0.277 e. The molecule has 1 aromatic carbocycles. The van der Waals surface area contributed by atoms with Gasteiger partial charge in [0.25, 0.3) is 11.9 Å². The third-order valence-corrected chi connectivity index (χ3v) is 7.20. The number of rotatable bonds is 5. The van der Waals surface area contributed by atoms with Gasteiger partial charge in [-0.05, 0) is 23.7 Å². The minimum absolute atomic E-state index is 0.0976. The first-order chi connectivity index (χ1) is 17.2. The van der Waals surface area contributed by atoms with Crippen LogP contribution in [0.3, 0.4) is 0 Å². The molecule has 36 heavy (non-hydrogen) atoms. The van der Waals surface area contributed by atoms with Crippen LogP contribution in [-0.2, 0) is 11.3 Å². The highest BCUT2D eigenvalue weighted by atomic mass is 35.5. The van der Waals surface area contributed by atoms with Crippen LogP contribution in [0.15, 0.2) is 35.6 Å². The van der Waals surface area contributed by atoms with Crippen LogP contribution in [0, 0.1) is 21.4 Å². The number of nitrogens with one attached hydrogen (secondary N) is 1. The fourth-order valence-electron chi connectivity index (χ4n) is 2.79. The number of halogens is 3. The number of hydrazone groups is 1. The summed E-state index contributed by atoms with van der Waals surface area (Å²) in [7, 11) is 1.67. The van der Waals surface area contributed by atoms with Gasteiger partial charge in [-0.25, -0.2) is 15.1 Å². The number of hydrogen-bond donors (Lipinski definition) is 1. The zero-order chi connectivity index (χ0) is 26.2. The van der Waals surface area contributed by atoms with Gasteiger partial charge in [0.15, 0.2) is 14.7 Å². The van der Waals surface area contributed by atoms with E-state index in [0.29, 0.717) is 22.3 Å². The first-order valence-corrected chi connectivity index (χ1v) is 12.4. The summed E-state index contributed by atoms with van der Waals surface area (Å²) in [6.07, 6.45) is 1.63. The van der Waals surface area contributed by atoms with E-state index in [9.17, 15) is 14.9 Å². The molecule has 0 aliphatic carbocycles. The Hall–Kier alpha value is -3.06. The van der Waals surface area contributed by atoms with Gasteiger partial charge in [0.05, 0.1) is 17.8 Å². The van der Waals surface area contributed by atoms with Crippen LogP contribution in [0.1, 0.15) is 20.1 Å². The summed E-state index contributed by atoms with van der Waals surface area (Å²) < 4.78 is 9.49. The van der Waals surface area contributed by atoms with Gasteiger partial charge in [0.2, 0.25) is 0 Å². The number of para-hydroxylation sites is 1. The molecule has 3 aromatic rings. The number of aromatic nitrogens is 2. The van der Waals surface area contributed by atoms with Crippen LogP contribution < -0.4 is 5.32 Å². The second-order valence-electron chi connectivity index (χ2n) is 6.80. The molecule has 0 unspecified atom stereocenters. The maximum Gasteiger partial charge on any atom is 0.277 e. The number of carbonyl (C=O) groups excluding carboxylic acids is 1. The van der Waals surface area contributed by atoms with Gasteiger partial charge in [0, 0.05) is 18.1 Å². The minimum atomic E-state index is -0.718. The molecule has 0 spiro atoms. The lowest BCUT2D eigenvalue weighted by atomic mass is 10.2. The van der Waals surface area contributed by atoms with E-state index >= 15 is 0 Å². The molecule has 0 radical (unpaired) electrons. The molecule has 0 bridgehead atoms. The summed E-state index contributed by atoms with van der Waals surface area (Å²) in [5.74, 6) is -0.178. The highest BCUT2D eigenvalue weighted by Gasteiger charge is 2.25. The number of carbonyl (C=O) groups is 1. The SMILES string of the molecule is CN1COCN(Cc2cnc(Cl)s2)/C1=N/[N+](=O)[O-].N#Cc1ccccc1NC(=O)c1snc(Cl)c1Cl. The molecule has 0 atom stereocenters. The lowest BCUT2D eigenvalue weighted by Gasteiger charge is -2.34. The Kier molecular flexibility index (Phi) is 9.76. The molecule has 1 saturated heterocycles. The molecule has 3 heterocycles. The highest BCUT2D eigenvalue weighted by molar-refractivity contribution is 7.15. The molecule has 0 saturated carbocycles. The van der Waals surface area contributed by atoms with Gasteiger partial charge < -0.3 is 19.9 Å². The van der Waals surface area contributed by atoms with Crippen LogP contribution in [0.5, 0.6) is 0 Å². The van der Waals surface area contributed by atoms with Crippen molar-refractivity contribution in [2.24, 2.45) is 5.10 Å². The average molecular weight is 590 g/mol. The van der Waals surface area contributed by atoms with Crippen molar-refractivity contribution in [2.45, 2.75) is 6.54 Å². The normalized spacial score (nSPS) is 14.1. The lowest BCUT2D eigenvalue weighted by molar-refractivity contribution is -0.486. The second-order valence-corrected chi connectivity index (χ2v) is 10.0. The zero-order valence-electron chi connectivity index (χ0n) is 18.2. The summed E-state index contributed by atoms with van der Waals surface area (Å²) >= 11 is 19.5. The molecule has 188 valence electrons. The van der Waals surface area contributed by atoms with Gasteiger partial charge in [-0.1, -0.05) is 46.9 Å². The molecule has 1 N–H and O–H groups in total. The van der Waals surface area contributed by atoms with Crippen LogP contribution in [0.4, 0.5) is 5.69 Å². The van der Waals surface area contributed by atoms with E-state index in [1.165, 1.54) is 11.3 Å². The number of amides is 1. The number of benzene rings is 1. The Balaban J connectivity index is 0.000000201. The first-order valence-electron chi connectivity index (χ1n) is 9.67. The van der Waals surface area contributed by atoms with E-state index in [2.05, 4.69) is 19.8 Å². The maximum atomic E-state index is 11.9. The van der Waals surface area contributed by atoms with Gasteiger partial charge in [-0.2, -0.15) is 9.64 Å². The number of anilines is 1. The average Bonchev–Trinajstić information content (AvgIpc) is 3.41. The van der Waals surface area contributed by atoms with Crippen LogP contribution in [0.25, 0.3) is 0 Å². The van der Waals surface area contributed by atoms with Crippen molar-refractivity contribution < 1.29 is 14.6 Å². The monoisotopic (exact) mass is 588 g/mol. The van der Waals surface area contributed by atoms with Gasteiger partial charge in [0.1, 0.15) is 34.5 Å². The van der Waals surface area contributed by atoms with Crippen molar-refractivity contribution in [2.75, 3.05) is 25.8 Å². The van der Waals surface area contributed by atoms with E-state index in [0.717, 1.165) is 16.4 Å². The van der Waals surface area contributed by atoms with Crippen LogP contribution >= 0.6 is 57.7 Å². The van der Waals surface area contributed by atoms with E-state index in [1.807, 2.05) is 6.07 Å². The zero-order valence-corrected chi connectivity index (χ0v) is 22.1. The molecule has 1 aliphatic rings. The molecule has 1 amide bonds. The number of guanidine groups is 1. The van der Waals surface area contributed by atoms with Crippen molar-refractivity contribution in [1.82, 2.24) is 19.2 Å². The fourth-order valence-corrected chi connectivity index (χ4v) is 4.89. The minimum Gasteiger partial charge on any atom is -0.341 e. The molecule has 4 rings (SSSR count). The predicted octanol–water partition coefficient (Wildman–Crippen LogP) is 4.60. The summed E-state index contributed by atoms with van der Waals surface area (Å²) in [5, 5.41) is 24.9. The van der Waals surface area contributed by atoms with Gasteiger partial charge in [-0.15, -0.1) is 11.3 Å². The number of nitrogens with zero attached hydrogens (tertiary/aromatic N) is 7. The molecule has 12 nitrogen and oxygen atoms in total. The highest BCUT2D eigenvalue weighted by Crippen LogP contribution is 2.29. The van der Waals surface area contributed by atoms with Crippen molar-refractivity contribution in [3.63, 3.8) is 0 Å². The Labute approximate surface area is 227 Å². The Morgan fingerprint density at radius 1 is 1.36 bits per heavy atom. The molecule has 1 aliphatic heterocycles. The largest absolute Gasteiger partial charge is 0.341 e. The molecular formula is C19H15Cl3N8O4S2. The molecule has 17 heteroatoms.